The van der Waals surface area contributed by atoms with E-state index in [0.717, 1.165) is 37.5 Å². The summed E-state index contributed by atoms with van der Waals surface area (Å²) in [6.45, 7) is 6.68. The number of aromatic nitrogens is 3. The average Bonchev–Trinajstić information content (AvgIpc) is 3.04. The van der Waals surface area contributed by atoms with E-state index in [1.807, 2.05) is 18.2 Å². The van der Waals surface area contributed by atoms with E-state index in [4.69, 9.17) is 0 Å². The van der Waals surface area contributed by atoms with Gasteiger partial charge in [-0.3, -0.25) is 4.98 Å². The second-order valence-electron chi connectivity index (χ2n) is 6.27. The van der Waals surface area contributed by atoms with E-state index in [9.17, 15) is 0 Å². The van der Waals surface area contributed by atoms with Gasteiger partial charge in [-0.15, -0.1) is 0 Å². The van der Waals surface area contributed by atoms with Gasteiger partial charge in [0.25, 0.3) is 0 Å². The maximum absolute atomic E-state index is 4.49. The van der Waals surface area contributed by atoms with Gasteiger partial charge < -0.3 is 4.90 Å². The van der Waals surface area contributed by atoms with Crippen molar-refractivity contribution in [2.24, 2.45) is 5.92 Å². The van der Waals surface area contributed by atoms with Crippen molar-refractivity contribution < 1.29 is 0 Å². The summed E-state index contributed by atoms with van der Waals surface area (Å²) in [5, 5.41) is 0. The zero-order chi connectivity index (χ0) is 16.5. The first kappa shape index (κ1) is 17.8. The van der Waals surface area contributed by atoms with Crippen LogP contribution in [0.1, 0.15) is 38.1 Å². The van der Waals surface area contributed by atoms with Gasteiger partial charge in [0.2, 0.25) is 0 Å². The molecule has 1 aliphatic rings. The molecule has 23 heavy (non-hydrogen) atoms. The molecular formula is C18H26N4S. The predicted octanol–water partition coefficient (Wildman–Crippen LogP) is 3.93. The van der Waals surface area contributed by atoms with E-state index in [0.29, 0.717) is 0 Å². The number of likely N-dealkylation sites (N-methyl/N-ethyl adjacent to an activating group) is 1. The maximum atomic E-state index is 4.49. The van der Waals surface area contributed by atoms with Gasteiger partial charge in [0.05, 0.1) is 17.4 Å². The minimum atomic E-state index is 0.729. The number of hydrogen-bond donors (Lipinski definition) is 0. The molecule has 3 heterocycles. The Morgan fingerprint density at radius 1 is 1.17 bits per heavy atom. The van der Waals surface area contributed by atoms with E-state index in [-0.39, 0.29) is 0 Å². The third-order valence-electron chi connectivity index (χ3n) is 3.73. The Balaban J connectivity index is 0.000000268. The standard InChI is InChI=1S/C13H21N3S.C5H5N/c1-10(2)6-7-12-13(15-17-14-12)11-5-4-8-16(3)9-11;1-2-4-6-5-3-1/h5,10H,4,6-9H2,1-3H3;1-5H. The molecule has 0 atom stereocenters. The maximum Gasteiger partial charge on any atom is 0.104 e. The number of rotatable bonds is 4. The van der Waals surface area contributed by atoms with Gasteiger partial charge in [0.1, 0.15) is 5.69 Å². The van der Waals surface area contributed by atoms with E-state index in [1.54, 1.807) is 12.4 Å². The fourth-order valence-corrected chi connectivity index (χ4v) is 3.04. The summed E-state index contributed by atoms with van der Waals surface area (Å²) in [7, 11) is 2.17. The second kappa shape index (κ2) is 9.53. The molecular weight excluding hydrogens is 304 g/mol. The van der Waals surface area contributed by atoms with Crippen LogP contribution in [0.5, 0.6) is 0 Å². The van der Waals surface area contributed by atoms with Crippen LogP contribution in [0.15, 0.2) is 36.7 Å². The van der Waals surface area contributed by atoms with E-state index < -0.39 is 0 Å². The van der Waals surface area contributed by atoms with Crippen molar-refractivity contribution in [2.45, 2.75) is 33.1 Å². The third-order valence-corrected chi connectivity index (χ3v) is 4.29. The summed E-state index contributed by atoms with van der Waals surface area (Å²) in [5.41, 5.74) is 3.72. The van der Waals surface area contributed by atoms with Crippen LogP contribution in [0.25, 0.3) is 5.57 Å². The van der Waals surface area contributed by atoms with E-state index in [2.05, 4.69) is 45.6 Å². The summed E-state index contributed by atoms with van der Waals surface area (Å²) in [5.74, 6) is 0.729. The van der Waals surface area contributed by atoms with Gasteiger partial charge in [-0.25, -0.2) is 0 Å². The Labute approximate surface area is 143 Å². The molecule has 0 bridgehead atoms. The minimum Gasteiger partial charge on any atom is -0.302 e. The van der Waals surface area contributed by atoms with Crippen molar-refractivity contribution in [2.75, 3.05) is 20.1 Å². The fraction of sp³-hybridized carbons (Fsp3) is 0.500. The van der Waals surface area contributed by atoms with Gasteiger partial charge in [0.15, 0.2) is 0 Å². The summed E-state index contributed by atoms with van der Waals surface area (Å²) >= 11 is 1.35. The second-order valence-corrected chi connectivity index (χ2v) is 6.80. The predicted molar refractivity (Wildman–Crippen MR) is 97.4 cm³/mol. The van der Waals surface area contributed by atoms with Crippen molar-refractivity contribution in [1.82, 2.24) is 18.6 Å². The molecule has 3 rings (SSSR count). The topological polar surface area (TPSA) is 41.9 Å². The monoisotopic (exact) mass is 330 g/mol. The largest absolute Gasteiger partial charge is 0.302 e. The Morgan fingerprint density at radius 2 is 1.96 bits per heavy atom. The molecule has 0 amide bonds. The van der Waals surface area contributed by atoms with E-state index >= 15 is 0 Å². The summed E-state index contributed by atoms with van der Waals surface area (Å²) in [4.78, 5) is 6.13. The lowest BCUT2D eigenvalue weighted by Gasteiger charge is -2.22. The molecule has 0 N–H and O–H groups in total. The van der Waals surface area contributed by atoms with Crippen molar-refractivity contribution in [3.8, 4) is 0 Å². The number of nitrogens with zero attached hydrogens (tertiary/aromatic N) is 4. The molecule has 0 radical (unpaired) electrons. The lowest BCUT2D eigenvalue weighted by molar-refractivity contribution is 0.372. The molecule has 5 heteroatoms. The normalized spacial score (nSPS) is 15.0. The zero-order valence-corrected chi connectivity index (χ0v) is 15.1. The van der Waals surface area contributed by atoms with Crippen LogP contribution in [-0.4, -0.2) is 38.8 Å². The number of aryl methyl sites for hydroxylation is 1. The zero-order valence-electron chi connectivity index (χ0n) is 14.3. The molecule has 0 aromatic carbocycles. The van der Waals surface area contributed by atoms with Crippen molar-refractivity contribution in [3.05, 3.63) is 48.1 Å². The van der Waals surface area contributed by atoms with Gasteiger partial charge in [0, 0.05) is 25.5 Å². The summed E-state index contributed by atoms with van der Waals surface area (Å²) < 4.78 is 8.95. The van der Waals surface area contributed by atoms with Gasteiger partial charge >= 0.3 is 0 Å². The molecule has 4 nitrogen and oxygen atoms in total. The number of hydrogen-bond acceptors (Lipinski definition) is 5. The van der Waals surface area contributed by atoms with Crippen LogP contribution >= 0.6 is 11.7 Å². The molecule has 0 spiro atoms. The van der Waals surface area contributed by atoms with Crippen LogP contribution in [0.2, 0.25) is 0 Å². The van der Waals surface area contributed by atoms with Crippen molar-refractivity contribution in [3.63, 3.8) is 0 Å². The summed E-state index contributed by atoms with van der Waals surface area (Å²) in [6, 6.07) is 5.72. The fourth-order valence-electron chi connectivity index (χ4n) is 2.42. The molecule has 124 valence electrons. The first-order valence-corrected chi connectivity index (χ1v) is 8.94. The summed E-state index contributed by atoms with van der Waals surface area (Å²) in [6.07, 6.45) is 9.22. The SMILES string of the molecule is CC(C)CCc1nsnc1C1=CCCN(C)C1.c1ccncc1. The van der Waals surface area contributed by atoms with Crippen LogP contribution in [-0.2, 0) is 6.42 Å². The van der Waals surface area contributed by atoms with Crippen LogP contribution in [0.4, 0.5) is 0 Å². The van der Waals surface area contributed by atoms with Crippen molar-refractivity contribution in [1.29, 1.82) is 0 Å². The first-order valence-electron chi connectivity index (χ1n) is 8.21. The average molecular weight is 331 g/mol. The third kappa shape index (κ3) is 6.20. The highest BCUT2D eigenvalue weighted by Gasteiger charge is 2.17. The highest BCUT2D eigenvalue weighted by Crippen LogP contribution is 2.23. The molecule has 2 aromatic rings. The molecule has 0 saturated heterocycles. The van der Waals surface area contributed by atoms with Gasteiger partial charge in [-0.1, -0.05) is 26.0 Å². The molecule has 0 fully saturated rings. The first-order chi connectivity index (χ1) is 11.2. The smallest absolute Gasteiger partial charge is 0.104 e. The minimum absolute atomic E-state index is 0.729. The van der Waals surface area contributed by atoms with E-state index in [1.165, 1.54) is 29.4 Å². The molecule has 0 unspecified atom stereocenters. The quantitative estimate of drug-likeness (QED) is 0.852. The Morgan fingerprint density at radius 3 is 2.52 bits per heavy atom. The lowest BCUT2D eigenvalue weighted by Crippen LogP contribution is -2.25. The Hall–Kier alpha value is -1.59. The van der Waals surface area contributed by atoms with Gasteiger partial charge in [-0.05, 0) is 49.9 Å². The van der Waals surface area contributed by atoms with Crippen LogP contribution < -0.4 is 0 Å². The molecule has 1 aliphatic heterocycles. The molecule has 0 aliphatic carbocycles. The Bertz CT molecular complexity index is 565. The lowest BCUT2D eigenvalue weighted by atomic mass is 10.0. The van der Waals surface area contributed by atoms with Gasteiger partial charge in [-0.2, -0.15) is 8.75 Å². The molecule has 2 aromatic heterocycles. The highest BCUT2D eigenvalue weighted by molar-refractivity contribution is 6.99. The van der Waals surface area contributed by atoms with Crippen molar-refractivity contribution >= 4 is 17.3 Å². The highest BCUT2D eigenvalue weighted by atomic mass is 32.1. The van der Waals surface area contributed by atoms with Crippen LogP contribution in [0, 0.1) is 5.92 Å². The number of pyridine rings is 1. The van der Waals surface area contributed by atoms with Crippen LogP contribution in [0.3, 0.4) is 0 Å². The Kier molecular flexibility index (Phi) is 7.36. The molecule has 0 saturated carbocycles.